The van der Waals surface area contributed by atoms with Crippen molar-refractivity contribution in [3.63, 3.8) is 0 Å². The number of alkyl halides is 3. The predicted molar refractivity (Wildman–Crippen MR) is 56.6 cm³/mol. The van der Waals surface area contributed by atoms with E-state index in [1.807, 2.05) is 6.07 Å². The molecular formula is C11H12F3N3O2. The van der Waals surface area contributed by atoms with Gasteiger partial charge in [0.05, 0.1) is 6.07 Å². The number of halogens is 3. The van der Waals surface area contributed by atoms with E-state index in [4.69, 9.17) is 5.26 Å². The fourth-order valence-corrected chi connectivity index (χ4v) is 2.10. The Kier molecular flexibility index (Phi) is 2.77. The van der Waals surface area contributed by atoms with Crippen molar-refractivity contribution in [2.45, 2.75) is 37.9 Å². The largest absolute Gasteiger partial charge is 0.420 e. The number of amides is 3. The molecule has 2 fully saturated rings. The average molecular weight is 275 g/mol. The van der Waals surface area contributed by atoms with Crippen LogP contribution in [0.2, 0.25) is 0 Å². The van der Waals surface area contributed by atoms with Crippen LogP contribution in [-0.4, -0.2) is 35.1 Å². The first-order valence-electron chi connectivity index (χ1n) is 5.73. The highest BCUT2D eigenvalue weighted by molar-refractivity contribution is 6.07. The van der Waals surface area contributed by atoms with Gasteiger partial charge in [-0.05, 0) is 19.8 Å². The van der Waals surface area contributed by atoms with Crippen molar-refractivity contribution in [3.8, 4) is 6.07 Å². The first kappa shape index (κ1) is 13.6. The maximum atomic E-state index is 12.8. The zero-order valence-electron chi connectivity index (χ0n) is 10.2. The molecule has 19 heavy (non-hydrogen) atoms. The zero-order chi connectivity index (χ0) is 14.5. The molecule has 0 aromatic rings. The Morgan fingerprint density at radius 2 is 2.00 bits per heavy atom. The van der Waals surface area contributed by atoms with E-state index in [1.54, 1.807) is 5.32 Å². The molecule has 8 heteroatoms. The number of imide groups is 1. The highest BCUT2D eigenvalue weighted by Crippen LogP contribution is 2.50. The normalized spacial score (nSPS) is 29.1. The molecule has 2 rings (SSSR count). The molecule has 1 atom stereocenters. The van der Waals surface area contributed by atoms with Crippen LogP contribution >= 0.6 is 0 Å². The van der Waals surface area contributed by atoms with Gasteiger partial charge in [-0.2, -0.15) is 18.4 Å². The van der Waals surface area contributed by atoms with Crippen LogP contribution in [0.4, 0.5) is 18.0 Å². The molecule has 1 unspecified atom stereocenters. The van der Waals surface area contributed by atoms with E-state index in [1.165, 1.54) is 0 Å². The predicted octanol–water partition coefficient (Wildman–Crippen LogP) is 1.55. The number of nitrogens with zero attached hydrogens (tertiary/aromatic N) is 2. The Hall–Kier alpha value is -1.78. The first-order valence-corrected chi connectivity index (χ1v) is 5.73. The molecule has 1 N–H and O–H groups in total. The van der Waals surface area contributed by atoms with E-state index < -0.39 is 29.1 Å². The lowest BCUT2D eigenvalue weighted by Gasteiger charge is -2.25. The molecule has 2 aliphatic rings. The molecule has 1 saturated carbocycles. The van der Waals surface area contributed by atoms with Gasteiger partial charge < -0.3 is 5.32 Å². The van der Waals surface area contributed by atoms with Crippen molar-refractivity contribution in [2.75, 3.05) is 6.54 Å². The van der Waals surface area contributed by atoms with Gasteiger partial charge in [-0.3, -0.25) is 9.69 Å². The SMILES string of the molecule is CC1(C(F)(F)F)NC(=O)N(CC2(CC#N)CC2)C1=O. The molecule has 1 aliphatic carbocycles. The van der Waals surface area contributed by atoms with Crippen LogP contribution in [0.5, 0.6) is 0 Å². The van der Waals surface area contributed by atoms with Crippen molar-refractivity contribution in [2.24, 2.45) is 5.41 Å². The summed E-state index contributed by atoms with van der Waals surface area (Å²) in [5.41, 5.74) is -3.38. The minimum atomic E-state index is -4.85. The van der Waals surface area contributed by atoms with E-state index in [-0.39, 0.29) is 13.0 Å². The monoisotopic (exact) mass is 275 g/mol. The Bertz CT molecular complexity index is 479. The third-order valence-electron chi connectivity index (χ3n) is 3.75. The van der Waals surface area contributed by atoms with Crippen molar-refractivity contribution in [3.05, 3.63) is 0 Å². The second-order valence-electron chi connectivity index (χ2n) is 5.28. The van der Waals surface area contributed by atoms with Crippen molar-refractivity contribution in [1.29, 1.82) is 5.26 Å². The highest BCUT2D eigenvalue weighted by Gasteiger charge is 2.65. The third kappa shape index (κ3) is 2.03. The standard InChI is InChI=1S/C11H12F3N3O2/c1-9(11(12,13)14)7(18)17(8(19)16-9)6-10(2-3-10)4-5-15/h2-4,6H2,1H3,(H,16,19). The van der Waals surface area contributed by atoms with Gasteiger partial charge in [0.1, 0.15) is 0 Å². The summed E-state index contributed by atoms with van der Waals surface area (Å²) in [4.78, 5) is 24.0. The smallest absolute Gasteiger partial charge is 0.316 e. The van der Waals surface area contributed by atoms with Crippen LogP contribution in [0.25, 0.3) is 0 Å². The molecule has 104 valence electrons. The molecule has 1 heterocycles. The second kappa shape index (κ2) is 3.85. The Morgan fingerprint density at radius 3 is 2.37 bits per heavy atom. The minimum absolute atomic E-state index is 0.128. The molecule has 0 aromatic heterocycles. The van der Waals surface area contributed by atoms with Gasteiger partial charge in [0.15, 0.2) is 0 Å². The number of hydrogen-bond acceptors (Lipinski definition) is 3. The maximum absolute atomic E-state index is 12.8. The van der Waals surface area contributed by atoms with Crippen LogP contribution in [-0.2, 0) is 4.79 Å². The molecule has 0 aromatic carbocycles. The Morgan fingerprint density at radius 1 is 1.42 bits per heavy atom. The quantitative estimate of drug-likeness (QED) is 0.794. The molecule has 1 saturated heterocycles. The van der Waals surface area contributed by atoms with E-state index in [0.717, 1.165) is 0 Å². The van der Waals surface area contributed by atoms with Crippen molar-refractivity contribution in [1.82, 2.24) is 10.2 Å². The lowest BCUT2D eigenvalue weighted by atomic mass is 10.00. The maximum Gasteiger partial charge on any atom is 0.420 e. The van der Waals surface area contributed by atoms with Gasteiger partial charge in [-0.15, -0.1) is 0 Å². The summed E-state index contributed by atoms with van der Waals surface area (Å²) in [5.74, 6) is -1.30. The first-order chi connectivity index (χ1) is 8.65. The summed E-state index contributed by atoms with van der Waals surface area (Å²) in [5, 5.41) is 10.3. The summed E-state index contributed by atoms with van der Waals surface area (Å²) >= 11 is 0. The topological polar surface area (TPSA) is 73.2 Å². The third-order valence-corrected chi connectivity index (χ3v) is 3.75. The van der Waals surface area contributed by atoms with Gasteiger partial charge in [0.25, 0.3) is 5.91 Å². The van der Waals surface area contributed by atoms with Gasteiger partial charge in [-0.25, -0.2) is 4.79 Å². The van der Waals surface area contributed by atoms with Crippen molar-refractivity contribution >= 4 is 11.9 Å². The minimum Gasteiger partial charge on any atom is -0.316 e. The number of nitriles is 1. The highest BCUT2D eigenvalue weighted by atomic mass is 19.4. The van der Waals surface area contributed by atoms with Crippen LogP contribution in [0, 0.1) is 16.7 Å². The fraction of sp³-hybridized carbons (Fsp3) is 0.727. The van der Waals surface area contributed by atoms with Crippen LogP contribution in [0.15, 0.2) is 0 Å². The van der Waals surface area contributed by atoms with E-state index >= 15 is 0 Å². The number of urea groups is 1. The molecule has 5 nitrogen and oxygen atoms in total. The van der Waals surface area contributed by atoms with Gasteiger partial charge in [0.2, 0.25) is 5.54 Å². The number of rotatable bonds is 3. The molecular weight excluding hydrogens is 263 g/mol. The summed E-state index contributed by atoms with van der Waals surface area (Å²) in [6.07, 6.45) is -3.44. The molecule has 3 amide bonds. The van der Waals surface area contributed by atoms with E-state index in [2.05, 4.69) is 0 Å². The molecule has 0 radical (unpaired) electrons. The Labute approximate surface area is 107 Å². The van der Waals surface area contributed by atoms with Gasteiger partial charge >= 0.3 is 12.2 Å². The van der Waals surface area contributed by atoms with Gasteiger partial charge in [-0.1, -0.05) is 0 Å². The molecule has 1 aliphatic heterocycles. The zero-order valence-corrected chi connectivity index (χ0v) is 10.2. The van der Waals surface area contributed by atoms with Crippen molar-refractivity contribution < 1.29 is 22.8 Å². The second-order valence-corrected chi connectivity index (χ2v) is 5.28. The number of carbonyl (C=O) groups excluding carboxylic acids is 2. The lowest BCUT2D eigenvalue weighted by Crippen LogP contribution is -2.56. The van der Waals surface area contributed by atoms with Crippen LogP contribution in [0.1, 0.15) is 26.2 Å². The molecule has 0 bridgehead atoms. The summed E-state index contributed by atoms with van der Waals surface area (Å²) in [7, 11) is 0. The number of nitrogens with one attached hydrogen (secondary N) is 1. The number of carbonyl (C=O) groups is 2. The van der Waals surface area contributed by atoms with E-state index in [0.29, 0.717) is 24.7 Å². The summed E-state index contributed by atoms with van der Waals surface area (Å²) in [6.45, 7) is 0.522. The van der Waals surface area contributed by atoms with E-state index in [9.17, 15) is 22.8 Å². The number of hydrogen-bond donors (Lipinski definition) is 1. The summed E-state index contributed by atoms with van der Waals surface area (Å²) in [6, 6.07) is 0.886. The summed E-state index contributed by atoms with van der Waals surface area (Å²) < 4.78 is 38.5. The average Bonchev–Trinajstić information content (AvgIpc) is 2.99. The fourth-order valence-electron chi connectivity index (χ4n) is 2.10. The van der Waals surface area contributed by atoms with Crippen LogP contribution in [0.3, 0.4) is 0 Å². The van der Waals surface area contributed by atoms with Crippen LogP contribution < -0.4 is 5.32 Å². The Balaban J connectivity index is 2.19. The molecule has 0 spiro atoms. The van der Waals surface area contributed by atoms with Gasteiger partial charge in [0, 0.05) is 18.4 Å². The lowest BCUT2D eigenvalue weighted by molar-refractivity contribution is -0.191.